The summed E-state index contributed by atoms with van der Waals surface area (Å²) in [5, 5.41) is 13.7. The summed E-state index contributed by atoms with van der Waals surface area (Å²) in [6.07, 6.45) is 3.70. The molecular weight excluding hydrogens is 352 g/mol. The van der Waals surface area contributed by atoms with E-state index >= 15 is 0 Å². The summed E-state index contributed by atoms with van der Waals surface area (Å²) in [5.74, 6) is -3.33. The minimum absolute atomic E-state index is 0.317. The van der Waals surface area contributed by atoms with Crippen molar-refractivity contribution < 1.29 is 18.8 Å². The SMILES string of the molecule is CCc1cccc(C2(C(=O)NO)CCc3nn(CC(C)(F)F)cc3C2)c1C. The minimum atomic E-state index is -2.86. The number of carbonyl (C=O) groups is 1. The lowest BCUT2D eigenvalue weighted by Gasteiger charge is -2.36. The molecule has 1 aliphatic rings. The minimum Gasteiger partial charge on any atom is -0.289 e. The molecule has 1 heterocycles. The topological polar surface area (TPSA) is 67.2 Å². The second-order valence-corrected chi connectivity index (χ2v) is 7.51. The molecule has 27 heavy (non-hydrogen) atoms. The van der Waals surface area contributed by atoms with Gasteiger partial charge in [-0.05, 0) is 54.9 Å². The van der Waals surface area contributed by atoms with Crippen LogP contribution < -0.4 is 5.48 Å². The number of hydrogen-bond donors (Lipinski definition) is 2. The van der Waals surface area contributed by atoms with Crippen LogP contribution in [0.15, 0.2) is 24.4 Å². The van der Waals surface area contributed by atoms with Gasteiger partial charge in [0.25, 0.3) is 11.8 Å². The van der Waals surface area contributed by atoms with Crippen LogP contribution in [-0.4, -0.2) is 26.8 Å². The summed E-state index contributed by atoms with van der Waals surface area (Å²) < 4.78 is 28.0. The maximum absolute atomic E-state index is 13.4. The number of benzene rings is 1. The van der Waals surface area contributed by atoms with Gasteiger partial charge in [-0.25, -0.2) is 14.3 Å². The summed E-state index contributed by atoms with van der Waals surface area (Å²) in [4.78, 5) is 12.8. The first kappa shape index (κ1) is 19.5. The smallest absolute Gasteiger partial charge is 0.264 e. The van der Waals surface area contributed by atoms with Crippen LogP contribution in [0.2, 0.25) is 0 Å². The third-order valence-corrected chi connectivity index (χ3v) is 5.52. The van der Waals surface area contributed by atoms with Crippen molar-refractivity contribution in [1.82, 2.24) is 15.3 Å². The average Bonchev–Trinajstić information content (AvgIpc) is 3.00. The normalized spacial score (nSPS) is 19.6. The number of aryl methyl sites for hydroxylation is 2. The molecule has 1 aliphatic carbocycles. The van der Waals surface area contributed by atoms with Gasteiger partial charge in [0.15, 0.2) is 0 Å². The van der Waals surface area contributed by atoms with Gasteiger partial charge in [0, 0.05) is 13.1 Å². The number of aromatic nitrogens is 2. The molecule has 3 rings (SSSR count). The summed E-state index contributed by atoms with van der Waals surface area (Å²) in [5.41, 5.74) is 5.44. The highest BCUT2D eigenvalue weighted by atomic mass is 19.3. The first-order chi connectivity index (χ1) is 12.7. The van der Waals surface area contributed by atoms with Gasteiger partial charge in [-0.1, -0.05) is 25.1 Å². The Hall–Kier alpha value is -2.28. The fourth-order valence-corrected chi connectivity index (χ4v) is 4.21. The van der Waals surface area contributed by atoms with Crippen LogP contribution in [-0.2, 0) is 36.0 Å². The van der Waals surface area contributed by atoms with Gasteiger partial charge >= 0.3 is 0 Å². The molecule has 1 aromatic carbocycles. The molecule has 0 bridgehead atoms. The van der Waals surface area contributed by atoms with Gasteiger partial charge in [0.2, 0.25) is 0 Å². The van der Waals surface area contributed by atoms with E-state index in [1.54, 1.807) is 6.20 Å². The third kappa shape index (κ3) is 3.60. The lowest BCUT2D eigenvalue weighted by molar-refractivity contribution is -0.135. The molecule has 0 radical (unpaired) electrons. The highest BCUT2D eigenvalue weighted by molar-refractivity contribution is 5.88. The van der Waals surface area contributed by atoms with E-state index in [2.05, 4.69) is 12.0 Å². The van der Waals surface area contributed by atoms with E-state index in [1.807, 2.05) is 30.6 Å². The highest BCUT2D eigenvalue weighted by Crippen LogP contribution is 2.41. The van der Waals surface area contributed by atoms with E-state index in [4.69, 9.17) is 0 Å². The second-order valence-electron chi connectivity index (χ2n) is 7.51. The van der Waals surface area contributed by atoms with Crippen LogP contribution in [0.3, 0.4) is 0 Å². The van der Waals surface area contributed by atoms with Crippen LogP contribution in [0.25, 0.3) is 0 Å². The van der Waals surface area contributed by atoms with E-state index in [-0.39, 0.29) is 0 Å². The number of amides is 1. The van der Waals surface area contributed by atoms with Crippen LogP contribution in [0.4, 0.5) is 8.78 Å². The fourth-order valence-electron chi connectivity index (χ4n) is 4.21. The molecular formula is C20H25F2N3O2. The molecule has 0 aliphatic heterocycles. The van der Waals surface area contributed by atoms with Crippen molar-refractivity contribution in [2.24, 2.45) is 0 Å². The van der Waals surface area contributed by atoms with Crippen LogP contribution in [0.5, 0.6) is 0 Å². The number of nitrogens with zero attached hydrogens (tertiary/aromatic N) is 2. The standard InChI is InChI=1S/C20H25F2N3O2/c1-4-14-6-5-7-16(13(14)2)20(18(26)24-27)9-8-17-15(10-20)11-25(23-17)12-19(3,21)22/h5-7,11,27H,4,8-10,12H2,1-3H3,(H,24,26). The molecule has 5 nitrogen and oxygen atoms in total. The predicted octanol–water partition coefficient (Wildman–Crippen LogP) is 3.34. The second kappa shape index (κ2) is 7.03. The Morgan fingerprint density at radius 2 is 2.19 bits per heavy atom. The fraction of sp³-hybridized carbons (Fsp3) is 0.500. The first-order valence-corrected chi connectivity index (χ1v) is 9.16. The molecule has 146 valence electrons. The molecule has 1 aromatic heterocycles. The maximum atomic E-state index is 13.4. The Bertz CT molecular complexity index is 857. The number of rotatable bonds is 5. The number of alkyl halides is 2. The highest BCUT2D eigenvalue weighted by Gasteiger charge is 2.45. The molecule has 7 heteroatoms. The lowest BCUT2D eigenvalue weighted by Crippen LogP contribution is -2.47. The molecule has 1 atom stereocenters. The molecule has 1 unspecified atom stereocenters. The summed E-state index contributed by atoms with van der Waals surface area (Å²) in [6, 6.07) is 5.86. The third-order valence-electron chi connectivity index (χ3n) is 5.52. The molecule has 0 fully saturated rings. The Morgan fingerprint density at radius 1 is 1.44 bits per heavy atom. The molecule has 2 aromatic rings. The maximum Gasteiger partial charge on any atom is 0.264 e. The van der Waals surface area contributed by atoms with Crippen LogP contribution >= 0.6 is 0 Å². The van der Waals surface area contributed by atoms with Gasteiger partial charge in [0.05, 0.1) is 11.1 Å². The van der Waals surface area contributed by atoms with Gasteiger partial charge in [0.1, 0.15) is 6.54 Å². The molecule has 0 spiro atoms. The van der Waals surface area contributed by atoms with Crippen molar-refractivity contribution in [3.63, 3.8) is 0 Å². The molecule has 0 saturated carbocycles. The van der Waals surface area contributed by atoms with Gasteiger partial charge in [-0.3, -0.25) is 14.7 Å². The Labute approximate surface area is 157 Å². The Morgan fingerprint density at radius 3 is 2.81 bits per heavy atom. The van der Waals surface area contributed by atoms with Crippen molar-refractivity contribution >= 4 is 5.91 Å². The summed E-state index contributed by atoms with van der Waals surface area (Å²) >= 11 is 0. The van der Waals surface area contributed by atoms with E-state index in [9.17, 15) is 18.8 Å². The van der Waals surface area contributed by atoms with E-state index in [1.165, 1.54) is 4.68 Å². The quantitative estimate of drug-likeness (QED) is 0.620. The Balaban J connectivity index is 2.05. The number of hydroxylamine groups is 1. The zero-order chi connectivity index (χ0) is 19.8. The zero-order valence-corrected chi connectivity index (χ0v) is 15.9. The van der Waals surface area contributed by atoms with Gasteiger partial charge in [-0.15, -0.1) is 0 Å². The molecule has 1 amide bonds. The largest absolute Gasteiger partial charge is 0.289 e. The van der Waals surface area contributed by atoms with E-state index < -0.39 is 23.8 Å². The predicted molar refractivity (Wildman–Crippen MR) is 97.0 cm³/mol. The number of carbonyl (C=O) groups excluding carboxylic acids is 1. The number of hydrogen-bond acceptors (Lipinski definition) is 3. The van der Waals surface area contributed by atoms with E-state index in [0.717, 1.165) is 41.3 Å². The lowest BCUT2D eigenvalue weighted by atomic mass is 9.66. The van der Waals surface area contributed by atoms with E-state index in [0.29, 0.717) is 19.3 Å². The summed E-state index contributed by atoms with van der Waals surface area (Å²) in [6.45, 7) is 4.40. The number of halogens is 2. The van der Waals surface area contributed by atoms with Gasteiger partial charge < -0.3 is 0 Å². The van der Waals surface area contributed by atoms with Crippen LogP contribution in [0, 0.1) is 6.92 Å². The first-order valence-electron chi connectivity index (χ1n) is 9.16. The molecule has 2 N–H and O–H groups in total. The summed E-state index contributed by atoms with van der Waals surface area (Å²) in [7, 11) is 0. The van der Waals surface area contributed by atoms with Gasteiger partial charge in [-0.2, -0.15) is 5.10 Å². The Kier molecular flexibility index (Phi) is 5.08. The number of fused-ring (bicyclic) bond motifs is 1. The van der Waals surface area contributed by atoms with Crippen molar-refractivity contribution in [3.8, 4) is 0 Å². The van der Waals surface area contributed by atoms with Crippen molar-refractivity contribution in [3.05, 3.63) is 52.3 Å². The van der Waals surface area contributed by atoms with Crippen molar-refractivity contribution in [2.45, 2.75) is 64.3 Å². The van der Waals surface area contributed by atoms with Crippen molar-refractivity contribution in [1.29, 1.82) is 0 Å². The average molecular weight is 377 g/mol. The number of nitrogens with one attached hydrogen (secondary N) is 1. The zero-order valence-electron chi connectivity index (χ0n) is 15.9. The molecule has 0 saturated heterocycles. The monoisotopic (exact) mass is 377 g/mol. The van der Waals surface area contributed by atoms with Crippen molar-refractivity contribution in [2.75, 3.05) is 0 Å². The van der Waals surface area contributed by atoms with Crippen LogP contribution in [0.1, 0.15) is 48.2 Å².